The second-order valence-corrected chi connectivity index (χ2v) is 9.91. The summed E-state index contributed by atoms with van der Waals surface area (Å²) in [6, 6.07) is -0.109. The second kappa shape index (κ2) is 10.9. The number of hydrogen-bond acceptors (Lipinski definition) is 10. The van der Waals surface area contributed by atoms with E-state index in [9.17, 15) is 0 Å². The third-order valence-corrected chi connectivity index (χ3v) is 5.29. The van der Waals surface area contributed by atoms with Crippen LogP contribution in [0, 0.1) is 0 Å². The van der Waals surface area contributed by atoms with E-state index in [4.69, 9.17) is 47.7 Å². The Morgan fingerprint density at radius 3 is 1.38 bits per heavy atom. The minimum Gasteiger partial charge on any atom is -0.390 e. The predicted molar refractivity (Wildman–Crippen MR) is 84.8 cm³/mol. The largest absolute Gasteiger partial charge is 0.492 e. The van der Waals surface area contributed by atoms with Crippen LogP contribution in [0.1, 0.15) is 12.8 Å². The molecule has 1 fully saturated rings. The summed E-state index contributed by atoms with van der Waals surface area (Å²) in [5, 5.41) is 0. The van der Waals surface area contributed by atoms with Crippen LogP contribution >= 0.6 is 0 Å². The van der Waals surface area contributed by atoms with Crippen molar-refractivity contribution in [3.05, 3.63) is 0 Å². The zero-order chi connectivity index (χ0) is 18.1. The highest BCUT2D eigenvalue weighted by Gasteiger charge is 2.27. The van der Waals surface area contributed by atoms with Crippen molar-refractivity contribution in [2.45, 2.75) is 37.1 Å². The Bertz CT molecular complexity index is 293. The topological polar surface area (TPSA) is 158 Å². The van der Waals surface area contributed by atoms with Crippen molar-refractivity contribution >= 4 is 17.6 Å². The van der Waals surface area contributed by atoms with Gasteiger partial charge in [-0.25, -0.2) is 0 Å². The zero-order valence-electron chi connectivity index (χ0n) is 13.5. The van der Waals surface area contributed by atoms with Crippen LogP contribution in [0.2, 0.25) is 12.1 Å². The minimum absolute atomic E-state index is 0.0547. The van der Waals surface area contributed by atoms with Gasteiger partial charge in [0.1, 0.15) is 12.2 Å². The van der Waals surface area contributed by atoms with Gasteiger partial charge in [0.25, 0.3) is 0 Å². The Labute approximate surface area is 142 Å². The molecule has 1 aliphatic heterocycles. The fourth-order valence-corrected chi connectivity index (χ4v) is 3.27. The molecule has 1 rings (SSSR count). The van der Waals surface area contributed by atoms with Crippen molar-refractivity contribution in [2.24, 2.45) is 0 Å². The maximum atomic E-state index is 8.84. The van der Waals surface area contributed by atoms with Gasteiger partial charge in [0, 0.05) is 25.3 Å². The van der Waals surface area contributed by atoms with Crippen LogP contribution in [-0.4, -0.2) is 98.2 Å². The summed E-state index contributed by atoms with van der Waals surface area (Å²) in [6.45, 7) is 1.95. The van der Waals surface area contributed by atoms with E-state index in [0.717, 1.165) is 0 Å². The van der Waals surface area contributed by atoms with Gasteiger partial charge in [-0.2, -0.15) is 0 Å². The van der Waals surface area contributed by atoms with Crippen LogP contribution in [0.5, 0.6) is 0 Å². The molecule has 144 valence electrons. The van der Waals surface area contributed by atoms with E-state index in [-0.39, 0.29) is 24.3 Å². The summed E-state index contributed by atoms with van der Waals surface area (Å²) in [7, 11) is -7.95. The molecule has 12 heteroatoms. The Kier molecular flexibility index (Phi) is 10.0. The van der Waals surface area contributed by atoms with Gasteiger partial charge >= 0.3 is 17.6 Å². The number of hydrogen-bond donors (Lipinski definition) is 6. The molecule has 24 heavy (non-hydrogen) atoms. The minimum atomic E-state index is -3.97. The number of ether oxygens (including phenoxy) is 4. The Morgan fingerprint density at radius 1 is 0.708 bits per heavy atom. The van der Waals surface area contributed by atoms with Crippen LogP contribution in [0.25, 0.3) is 0 Å². The third-order valence-electron chi connectivity index (χ3n) is 3.24. The van der Waals surface area contributed by atoms with Gasteiger partial charge in [0.15, 0.2) is 0 Å². The molecular weight excluding hydrogens is 360 g/mol. The van der Waals surface area contributed by atoms with Crippen molar-refractivity contribution < 1.29 is 47.7 Å². The van der Waals surface area contributed by atoms with Gasteiger partial charge in [-0.1, -0.05) is 0 Å². The van der Waals surface area contributed by atoms with Gasteiger partial charge in [-0.05, 0) is 12.8 Å². The average Bonchev–Trinajstić information content (AvgIpc) is 2.45. The molecule has 0 aromatic heterocycles. The Hall–Kier alpha value is 0.0338. The lowest BCUT2D eigenvalue weighted by Gasteiger charge is -2.29. The summed E-state index contributed by atoms with van der Waals surface area (Å²) in [4.78, 5) is 53.1. The average molecular weight is 389 g/mol. The van der Waals surface area contributed by atoms with Crippen molar-refractivity contribution in [1.82, 2.24) is 0 Å². The lowest BCUT2D eigenvalue weighted by atomic mass is 10.3. The van der Waals surface area contributed by atoms with Crippen LogP contribution in [0.4, 0.5) is 0 Å². The lowest BCUT2D eigenvalue weighted by Crippen LogP contribution is -2.40. The van der Waals surface area contributed by atoms with Crippen LogP contribution < -0.4 is 0 Å². The van der Waals surface area contributed by atoms with Crippen molar-refractivity contribution in [3.8, 4) is 0 Å². The maximum Gasteiger partial charge on any atom is 0.492 e. The molecule has 2 unspecified atom stereocenters. The third kappa shape index (κ3) is 12.4. The van der Waals surface area contributed by atoms with Crippen LogP contribution in [-0.2, 0) is 18.9 Å². The van der Waals surface area contributed by atoms with E-state index in [0.29, 0.717) is 52.5 Å². The van der Waals surface area contributed by atoms with Crippen molar-refractivity contribution in [2.75, 3.05) is 39.6 Å². The maximum absolute atomic E-state index is 8.84. The van der Waals surface area contributed by atoms with Crippen LogP contribution in [0.15, 0.2) is 0 Å². The highest BCUT2D eigenvalue weighted by Crippen LogP contribution is 2.10. The molecule has 0 spiro atoms. The molecule has 0 aromatic carbocycles. The van der Waals surface area contributed by atoms with Crippen molar-refractivity contribution in [1.29, 1.82) is 0 Å². The summed E-state index contributed by atoms with van der Waals surface area (Å²) in [5.74, 6) is 0. The van der Waals surface area contributed by atoms with Gasteiger partial charge in [-0.15, -0.1) is 0 Å². The molecule has 0 aliphatic carbocycles. The van der Waals surface area contributed by atoms with E-state index < -0.39 is 17.6 Å². The first-order chi connectivity index (χ1) is 11.2. The highest BCUT2D eigenvalue weighted by atomic mass is 28.4. The molecule has 6 N–H and O–H groups in total. The first kappa shape index (κ1) is 22.1. The first-order valence-corrected chi connectivity index (χ1v) is 12.0. The highest BCUT2D eigenvalue weighted by molar-refractivity contribution is 6.56. The van der Waals surface area contributed by atoms with E-state index in [1.165, 1.54) is 0 Å². The monoisotopic (exact) mass is 388 g/mol. The SMILES string of the molecule is O[Si](O)(O)CCCOCC1COC(COCCC[Si](O)(O)O)CO1. The molecule has 1 aliphatic rings. The van der Waals surface area contributed by atoms with E-state index in [1.807, 2.05) is 0 Å². The molecule has 1 heterocycles. The van der Waals surface area contributed by atoms with E-state index in [1.54, 1.807) is 0 Å². The van der Waals surface area contributed by atoms with Gasteiger partial charge < -0.3 is 47.7 Å². The summed E-state index contributed by atoms with van der Waals surface area (Å²) < 4.78 is 21.8. The Balaban J connectivity index is 1.96. The van der Waals surface area contributed by atoms with Gasteiger partial charge in [0.05, 0.1) is 26.4 Å². The molecule has 2 atom stereocenters. The molecule has 0 bridgehead atoms. The normalized spacial score (nSPS) is 22.8. The number of rotatable bonds is 12. The fourth-order valence-electron chi connectivity index (χ4n) is 2.03. The first-order valence-electron chi connectivity index (χ1n) is 7.89. The Morgan fingerprint density at radius 2 is 1.08 bits per heavy atom. The lowest BCUT2D eigenvalue weighted by molar-refractivity contribution is -0.166. The summed E-state index contributed by atoms with van der Waals surface area (Å²) in [6.07, 6.45) is 0.314. The smallest absolute Gasteiger partial charge is 0.390 e. The molecule has 0 radical (unpaired) electrons. The molecular formula is C12H28O10Si2. The van der Waals surface area contributed by atoms with Gasteiger partial charge in [0.2, 0.25) is 0 Å². The quantitative estimate of drug-likeness (QED) is 0.155. The summed E-state index contributed by atoms with van der Waals surface area (Å²) in [5.41, 5.74) is 0. The molecule has 0 aromatic rings. The fraction of sp³-hybridized carbons (Fsp3) is 1.00. The molecule has 1 saturated heterocycles. The molecule has 0 amide bonds. The standard InChI is InChI=1S/C12H28O10Si2/c13-23(14,15)5-1-3-19-7-11-9-22-12(10-21-11)8-20-4-2-6-24(16,17)18/h11-18H,1-10H2. The van der Waals surface area contributed by atoms with Gasteiger partial charge in [-0.3, -0.25) is 0 Å². The van der Waals surface area contributed by atoms with Crippen molar-refractivity contribution in [3.63, 3.8) is 0 Å². The predicted octanol–water partition coefficient (Wildman–Crippen LogP) is -2.58. The summed E-state index contributed by atoms with van der Waals surface area (Å²) >= 11 is 0. The molecule has 10 nitrogen and oxygen atoms in total. The molecule has 0 saturated carbocycles. The van der Waals surface area contributed by atoms with Crippen LogP contribution in [0.3, 0.4) is 0 Å². The zero-order valence-corrected chi connectivity index (χ0v) is 15.5. The van der Waals surface area contributed by atoms with E-state index in [2.05, 4.69) is 0 Å². The van der Waals surface area contributed by atoms with E-state index >= 15 is 0 Å². The second-order valence-electron chi connectivity index (χ2n) is 5.82.